The van der Waals surface area contributed by atoms with Gasteiger partial charge in [0.05, 0.1) is 0 Å². The number of hydrogen-bond acceptors (Lipinski definition) is 1. The summed E-state index contributed by atoms with van der Waals surface area (Å²) >= 11 is 6.12. The van der Waals surface area contributed by atoms with Crippen LogP contribution in [0.3, 0.4) is 0 Å². The highest BCUT2D eigenvalue weighted by molar-refractivity contribution is 6.30. The summed E-state index contributed by atoms with van der Waals surface area (Å²) in [4.78, 5) is 0. The van der Waals surface area contributed by atoms with Crippen LogP contribution in [0.4, 0.5) is 0 Å². The first-order valence-corrected chi connectivity index (χ1v) is 8.20. The van der Waals surface area contributed by atoms with Gasteiger partial charge in [0.15, 0.2) is 0 Å². The van der Waals surface area contributed by atoms with Crippen molar-refractivity contribution in [2.75, 3.05) is 6.54 Å². The Balaban J connectivity index is 1.86. The van der Waals surface area contributed by atoms with Crippen LogP contribution in [0.1, 0.15) is 41.0 Å². The fourth-order valence-electron chi connectivity index (χ4n) is 3.43. The highest BCUT2D eigenvalue weighted by atomic mass is 35.5. The van der Waals surface area contributed by atoms with Gasteiger partial charge in [-0.15, -0.1) is 0 Å². The van der Waals surface area contributed by atoms with Gasteiger partial charge in [-0.2, -0.15) is 0 Å². The molecular formula is C19H22ClN. The smallest absolute Gasteiger partial charge is 0.0408 e. The van der Waals surface area contributed by atoms with Crippen molar-refractivity contribution >= 4 is 11.6 Å². The van der Waals surface area contributed by atoms with Crippen molar-refractivity contribution in [3.05, 3.63) is 69.7 Å². The van der Waals surface area contributed by atoms with Crippen molar-refractivity contribution < 1.29 is 0 Å². The van der Waals surface area contributed by atoms with Gasteiger partial charge in [0.2, 0.25) is 0 Å². The van der Waals surface area contributed by atoms with Crippen LogP contribution in [0.5, 0.6) is 0 Å². The van der Waals surface area contributed by atoms with E-state index in [1.807, 2.05) is 12.1 Å². The van der Waals surface area contributed by atoms with Crippen LogP contribution in [0.15, 0.2) is 42.5 Å². The van der Waals surface area contributed by atoms with E-state index >= 15 is 0 Å². The zero-order chi connectivity index (χ0) is 14.7. The molecule has 0 amide bonds. The number of nitrogens with two attached hydrogens (primary N) is 1. The zero-order valence-electron chi connectivity index (χ0n) is 12.3. The molecule has 0 heterocycles. The molecule has 0 fully saturated rings. The Morgan fingerprint density at radius 2 is 2.00 bits per heavy atom. The van der Waals surface area contributed by atoms with Crippen LogP contribution in [0, 0.1) is 0 Å². The van der Waals surface area contributed by atoms with Crippen molar-refractivity contribution in [2.24, 2.45) is 5.73 Å². The minimum absolute atomic E-state index is 0.616. The maximum Gasteiger partial charge on any atom is 0.0408 e. The third-order valence-electron chi connectivity index (χ3n) is 4.45. The van der Waals surface area contributed by atoms with Gasteiger partial charge < -0.3 is 5.73 Å². The molecule has 2 aromatic rings. The summed E-state index contributed by atoms with van der Waals surface area (Å²) in [5.41, 5.74) is 11.5. The van der Waals surface area contributed by atoms with E-state index in [4.69, 9.17) is 17.3 Å². The van der Waals surface area contributed by atoms with Gasteiger partial charge in [-0.3, -0.25) is 0 Å². The molecular weight excluding hydrogens is 278 g/mol. The van der Waals surface area contributed by atoms with Crippen LogP contribution in [-0.4, -0.2) is 6.54 Å². The number of fused-ring (bicyclic) bond motifs is 1. The van der Waals surface area contributed by atoms with E-state index in [-0.39, 0.29) is 0 Å². The first-order chi connectivity index (χ1) is 10.3. The molecule has 2 heteroatoms. The zero-order valence-corrected chi connectivity index (χ0v) is 13.1. The van der Waals surface area contributed by atoms with Crippen LogP contribution < -0.4 is 5.73 Å². The van der Waals surface area contributed by atoms with Crippen LogP contribution in [0.25, 0.3) is 0 Å². The average molecular weight is 300 g/mol. The Kier molecular flexibility index (Phi) is 4.62. The second kappa shape index (κ2) is 6.64. The monoisotopic (exact) mass is 299 g/mol. The number of hydrogen-bond donors (Lipinski definition) is 1. The summed E-state index contributed by atoms with van der Waals surface area (Å²) in [7, 11) is 0. The minimum atomic E-state index is 0.616. The number of benzene rings is 2. The molecule has 2 N–H and O–H groups in total. The molecule has 0 aliphatic heterocycles. The van der Waals surface area contributed by atoms with Crippen molar-refractivity contribution in [3.8, 4) is 0 Å². The lowest BCUT2D eigenvalue weighted by Gasteiger charge is -2.26. The normalized spacial score (nSPS) is 17.5. The lowest BCUT2D eigenvalue weighted by atomic mass is 9.79. The number of halogens is 1. The van der Waals surface area contributed by atoms with Gasteiger partial charge >= 0.3 is 0 Å². The summed E-state index contributed by atoms with van der Waals surface area (Å²) in [5, 5.41) is 0.834. The maximum absolute atomic E-state index is 6.12. The standard InChI is InChI=1S/C19H22ClN/c20-18-6-1-3-15(12-18)11-17-5-2-4-16-8-7-14(9-10-21)13-19(16)17/h1,3,6-8,12-13,17H,2,4-5,9-11,21H2. The molecule has 3 rings (SSSR count). The maximum atomic E-state index is 6.12. The topological polar surface area (TPSA) is 26.0 Å². The predicted molar refractivity (Wildman–Crippen MR) is 90.0 cm³/mol. The lowest BCUT2D eigenvalue weighted by molar-refractivity contribution is 0.550. The Morgan fingerprint density at radius 1 is 1.10 bits per heavy atom. The predicted octanol–water partition coefficient (Wildman–Crippen LogP) is 4.50. The minimum Gasteiger partial charge on any atom is -0.330 e. The summed E-state index contributed by atoms with van der Waals surface area (Å²) in [6.07, 6.45) is 5.82. The van der Waals surface area contributed by atoms with Crippen molar-refractivity contribution in [1.29, 1.82) is 0 Å². The van der Waals surface area contributed by atoms with Crippen LogP contribution >= 0.6 is 11.6 Å². The van der Waals surface area contributed by atoms with Crippen molar-refractivity contribution in [3.63, 3.8) is 0 Å². The molecule has 1 aliphatic rings. The van der Waals surface area contributed by atoms with Gasteiger partial charge in [0.1, 0.15) is 0 Å². The lowest BCUT2D eigenvalue weighted by Crippen LogP contribution is -2.13. The summed E-state index contributed by atoms with van der Waals surface area (Å²) in [6, 6.07) is 15.2. The van der Waals surface area contributed by atoms with Crippen LogP contribution in [0.2, 0.25) is 5.02 Å². The van der Waals surface area contributed by atoms with E-state index in [1.54, 1.807) is 0 Å². The highest BCUT2D eigenvalue weighted by Crippen LogP contribution is 2.35. The van der Waals surface area contributed by atoms with E-state index in [1.165, 1.54) is 41.5 Å². The van der Waals surface area contributed by atoms with E-state index < -0.39 is 0 Å². The fraction of sp³-hybridized carbons (Fsp3) is 0.368. The average Bonchev–Trinajstić information content (AvgIpc) is 2.48. The van der Waals surface area contributed by atoms with E-state index in [0.717, 1.165) is 24.4 Å². The molecule has 1 aliphatic carbocycles. The highest BCUT2D eigenvalue weighted by Gasteiger charge is 2.20. The molecule has 1 nitrogen and oxygen atoms in total. The summed E-state index contributed by atoms with van der Waals surface area (Å²) < 4.78 is 0. The molecule has 110 valence electrons. The first-order valence-electron chi connectivity index (χ1n) is 7.82. The first kappa shape index (κ1) is 14.6. The molecule has 0 spiro atoms. The van der Waals surface area contributed by atoms with Gasteiger partial charge in [-0.25, -0.2) is 0 Å². The quantitative estimate of drug-likeness (QED) is 0.883. The van der Waals surface area contributed by atoms with E-state index in [0.29, 0.717) is 5.92 Å². The Morgan fingerprint density at radius 3 is 2.81 bits per heavy atom. The third-order valence-corrected chi connectivity index (χ3v) is 4.69. The molecule has 0 saturated carbocycles. The number of aryl methyl sites for hydroxylation is 1. The Hall–Kier alpha value is -1.31. The Labute approximate surface area is 132 Å². The van der Waals surface area contributed by atoms with Gasteiger partial charge in [-0.1, -0.05) is 41.9 Å². The van der Waals surface area contributed by atoms with E-state index in [2.05, 4.69) is 30.3 Å². The summed E-state index contributed by atoms with van der Waals surface area (Å²) in [6.45, 7) is 0.720. The van der Waals surface area contributed by atoms with Crippen molar-refractivity contribution in [2.45, 2.75) is 38.0 Å². The molecule has 1 atom stereocenters. The molecule has 21 heavy (non-hydrogen) atoms. The molecule has 2 aromatic carbocycles. The molecule has 0 radical (unpaired) electrons. The summed E-state index contributed by atoms with van der Waals surface area (Å²) in [5.74, 6) is 0.616. The molecule has 0 bridgehead atoms. The third kappa shape index (κ3) is 3.48. The number of rotatable bonds is 4. The van der Waals surface area contributed by atoms with E-state index in [9.17, 15) is 0 Å². The SMILES string of the molecule is NCCc1ccc2c(c1)C(Cc1cccc(Cl)c1)CCC2. The van der Waals surface area contributed by atoms with Gasteiger partial charge in [0, 0.05) is 5.02 Å². The fourth-order valence-corrected chi connectivity index (χ4v) is 3.64. The van der Waals surface area contributed by atoms with Gasteiger partial charge in [-0.05, 0) is 79.0 Å². The molecule has 0 aromatic heterocycles. The largest absolute Gasteiger partial charge is 0.330 e. The second-order valence-electron chi connectivity index (χ2n) is 6.00. The van der Waals surface area contributed by atoms with Gasteiger partial charge in [0.25, 0.3) is 0 Å². The van der Waals surface area contributed by atoms with Crippen molar-refractivity contribution in [1.82, 2.24) is 0 Å². The van der Waals surface area contributed by atoms with Crippen LogP contribution in [-0.2, 0) is 19.3 Å². The second-order valence-corrected chi connectivity index (χ2v) is 6.43. The Bertz CT molecular complexity index is 621. The molecule has 0 saturated heterocycles. The molecule has 1 unspecified atom stereocenters.